The van der Waals surface area contributed by atoms with Gasteiger partial charge in [-0.05, 0) is 38.6 Å². The standard InChI is InChI=1S/C11H20N2O2/c1-12-8-9-4-6-11(12,7-5-9)10(14)13(2)15-3/h9H,4-8H2,1-3H3. The monoisotopic (exact) mass is 212 g/mol. The van der Waals surface area contributed by atoms with Crippen molar-refractivity contribution in [2.24, 2.45) is 5.92 Å². The average molecular weight is 212 g/mol. The Morgan fingerprint density at radius 2 is 2.07 bits per heavy atom. The summed E-state index contributed by atoms with van der Waals surface area (Å²) in [6.07, 6.45) is 4.35. The average Bonchev–Trinajstić information content (AvgIpc) is 2.28. The van der Waals surface area contributed by atoms with E-state index in [0.29, 0.717) is 0 Å². The molecule has 3 aliphatic rings. The molecule has 1 amide bonds. The molecule has 3 rings (SSSR count). The zero-order valence-electron chi connectivity index (χ0n) is 9.82. The number of fused-ring (bicyclic) bond motifs is 3. The van der Waals surface area contributed by atoms with Gasteiger partial charge in [0.1, 0.15) is 5.54 Å². The predicted octanol–water partition coefficient (Wildman–Crippen LogP) is 0.881. The highest BCUT2D eigenvalue weighted by Crippen LogP contribution is 2.43. The molecule has 0 radical (unpaired) electrons. The molecule has 86 valence electrons. The zero-order chi connectivity index (χ0) is 11.1. The maximum atomic E-state index is 12.3. The van der Waals surface area contributed by atoms with Gasteiger partial charge in [-0.3, -0.25) is 14.5 Å². The minimum absolute atomic E-state index is 0.116. The number of hydroxylamine groups is 2. The molecular formula is C11H20N2O2. The van der Waals surface area contributed by atoms with Crippen molar-refractivity contribution >= 4 is 5.91 Å². The number of amides is 1. The number of hydrogen-bond donors (Lipinski definition) is 0. The van der Waals surface area contributed by atoms with Gasteiger partial charge in [-0.1, -0.05) is 0 Å². The van der Waals surface area contributed by atoms with Crippen LogP contribution in [0.1, 0.15) is 25.7 Å². The van der Waals surface area contributed by atoms with Crippen molar-refractivity contribution in [2.75, 3.05) is 27.7 Å². The second kappa shape index (κ2) is 3.76. The van der Waals surface area contributed by atoms with E-state index in [9.17, 15) is 4.79 Å². The summed E-state index contributed by atoms with van der Waals surface area (Å²) >= 11 is 0. The Labute approximate surface area is 91.1 Å². The molecule has 2 bridgehead atoms. The van der Waals surface area contributed by atoms with Crippen molar-refractivity contribution < 1.29 is 9.63 Å². The van der Waals surface area contributed by atoms with Crippen molar-refractivity contribution in [3.8, 4) is 0 Å². The lowest BCUT2D eigenvalue weighted by Gasteiger charge is -2.52. The third-order valence-electron chi connectivity index (χ3n) is 4.15. The van der Waals surface area contributed by atoms with Crippen LogP contribution in [0.25, 0.3) is 0 Å². The van der Waals surface area contributed by atoms with E-state index in [-0.39, 0.29) is 11.4 Å². The first kappa shape index (κ1) is 10.9. The first-order valence-corrected chi connectivity index (χ1v) is 5.63. The number of rotatable bonds is 2. The van der Waals surface area contributed by atoms with E-state index in [4.69, 9.17) is 4.84 Å². The van der Waals surface area contributed by atoms with Gasteiger partial charge in [-0.25, -0.2) is 5.06 Å². The maximum Gasteiger partial charge on any atom is 0.266 e. The summed E-state index contributed by atoms with van der Waals surface area (Å²) in [5, 5.41) is 1.38. The van der Waals surface area contributed by atoms with Gasteiger partial charge in [0, 0.05) is 13.6 Å². The van der Waals surface area contributed by atoms with Crippen LogP contribution in [0, 0.1) is 5.92 Å². The van der Waals surface area contributed by atoms with Gasteiger partial charge in [-0.15, -0.1) is 0 Å². The van der Waals surface area contributed by atoms with Crippen molar-refractivity contribution in [2.45, 2.75) is 31.2 Å². The van der Waals surface area contributed by atoms with Crippen LogP contribution in [0.5, 0.6) is 0 Å². The molecule has 4 heteroatoms. The summed E-state index contributed by atoms with van der Waals surface area (Å²) in [5.74, 6) is 0.920. The van der Waals surface area contributed by atoms with Gasteiger partial charge in [0.25, 0.3) is 5.91 Å². The van der Waals surface area contributed by atoms with Crippen LogP contribution in [0.2, 0.25) is 0 Å². The maximum absolute atomic E-state index is 12.3. The lowest BCUT2D eigenvalue weighted by atomic mass is 9.70. The molecule has 15 heavy (non-hydrogen) atoms. The molecule has 0 atom stereocenters. The summed E-state index contributed by atoms with van der Waals surface area (Å²) in [6, 6.07) is 0. The van der Waals surface area contributed by atoms with E-state index in [2.05, 4.69) is 11.9 Å². The first-order valence-electron chi connectivity index (χ1n) is 5.63. The van der Waals surface area contributed by atoms with Gasteiger partial charge in [0.05, 0.1) is 7.11 Å². The largest absolute Gasteiger partial charge is 0.292 e. The van der Waals surface area contributed by atoms with Crippen molar-refractivity contribution in [1.29, 1.82) is 0 Å². The van der Waals surface area contributed by atoms with E-state index in [1.807, 2.05) is 0 Å². The number of carbonyl (C=O) groups is 1. The Kier molecular flexibility index (Phi) is 2.73. The van der Waals surface area contributed by atoms with Crippen LogP contribution in [0.15, 0.2) is 0 Å². The van der Waals surface area contributed by atoms with Crippen molar-refractivity contribution in [1.82, 2.24) is 9.96 Å². The summed E-state index contributed by atoms with van der Waals surface area (Å²) in [4.78, 5) is 19.5. The molecule has 0 unspecified atom stereocenters. The lowest BCUT2D eigenvalue weighted by Crippen LogP contribution is -2.64. The van der Waals surface area contributed by atoms with Crippen molar-refractivity contribution in [3.63, 3.8) is 0 Å². The molecule has 4 nitrogen and oxygen atoms in total. The minimum Gasteiger partial charge on any atom is -0.292 e. The quantitative estimate of drug-likeness (QED) is 0.637. The summed E-state index contributed by atoms with van der Waals surface area (Å²) in [7, 11) is 5.31. The van der Waals surface area contributed by atoms with Crippen molar-refractivity contribution in [3.05, 3.63) is 0 Å². The summed E-state index contributed by atoms with van der Waals surface area (Å²) in [6.45, 7) is 1.06. The fourth-order valence-electron chi connectivity index (χ4n) is 3.03. The predicted molar refractivity (Wildman–Crippen MR) is 57.1 cm³/mol. The first-order chi connectivity index (χ1) is 7.10. The number of nitrogens with zero attached hydrogens (tertiary/aromatic N) is 2. The smallest absolute Gasteiger partial charge is 0.266 e. The summed E-state index contributed by atoms with van der Waals surface area (Å²) < 4.78 is 0. The van der Waals surface area contributed by atoms with Gasteiger partial charge in [0.2, 0.25) is 0 Å². The molecule has 2 aliphatic heterocycles. The van der Waals surface area contributed by atoms with Crippen LogP contribution < -0.4 is 0 Å². The summed E-state index contributed by atoms with van der Waals surface area (Å²) in [5.41, 5.74) is -0.278. The third-order valence-corrected chi connectivity index (χ3v) is 4.15. The molecule has 1 aliphatic carbocycles. The van der Waals surface area contributed by atoms with E-state index in [1.54, 1.807) is 14.2 Å². The molecule has 3 fully saturated rings. The van der Waals surface area contributed by atoms with Gasteiger partial charge < -0.3 is 0 Å². The van der Waals surface area contributed by atoms with Crippen LogP contribution >= 0.6 is 0 Å². The molecule has 0 aromatic rings. The van der Waals surface area contributed by atoms with Gasteiger partial charge in [0.15, 0.2) is 0 Å². The molecule has 0 aromatic carbocycles. The van der Waals surface area contributed by atoms with E-state index < -0.39 is 0 Å². The highest BCUT2D eigenvalue weighted by atomic mass is 16.7. The Balaban J connectivity index is 2.19. The molecular weight excluding hydrogens is 192 g/mol. The second-order valence-electron chi connectivity index (χ2n) is 4.84. The Morgan fingerprint density at radius 1 is 1.47 bits per heavy atom. The topological polar surface area (TPSA) is 32.8 Å². The fraction of sp³-hybridized carbons (Fsp3) is 0.909. The van der Waals surface area contributed by atoms with E-state index in [1.165, 1.54) is 17.9 Å². The van der Waals surface area contributed by atoms with Crippen LogP contribution in [0.3, 0.4) is 0 Å². The Bertz CT molecular complexity index is 259. The van der Waals surface area contributed by atoms with Crippen LogP contribution in [-0.4, -0.2) is 49.2 Å². The highest BCUT2D eigenvalue weighted by molar-refractivity contribution is 5.85. The SMILES string of the molecule is CON(C)C(=O)C12CCC(CC1)CN2C. The van der Waals surface area contributed by atoms with Crippen LogP contribution in [0.4, 0.5) is 0 Å². The number of hydrogen-bond acceptors (Lipinski definition) is 3. The van der Waals surface area contributed by atoms with Gasteiger partial charge >= 0.3 is 0 Å². The third kappa shape index (κ3) is 1.56. The number of piperidine rings is 2. The normalized spacial score (nSPS) is 35.5. The fourth-order valence-corrected chi connectivity index (χ4v) is 3.03. The molecule has 2 saturated heterocycles. The highest BCUT2D eigenvalue weighted by Gasteiger charge is 2.50. The van der Waals surface area contributed by atoms with E-state index in [0.717, 1.165) is 25.3 Å². The molecule has 1 saturated carbocycles. The van der Waals surface area contributed by atoms with Gasteiger partial charge in [-0.2, -0.15) is 0 Å². The molecule has 0 spiro atoms. The van der Waals surface area contributed by atoms with Crippen LogP contribution in [-0.2, 0) is 9.63 Å². The second-order valence-corrected chi connectivity index (χ2v) is 4.84. The number of likely N-dealkylation sites (N-methyl/N-ethyl adjacent to an activating group) is 2. The Hall–Kier alpha value is -0.610. The number of carbonyl (C=O) groups excluding carboxylic acids is 1. The minimum atomic E-state index is -0.278. The molecule has 2 heterocycles. The lowest BCUT2D eigenvalue weighted by molar-refractivity contribution is -0.189. The zero-order valence-corrected chi connectivity index (χ0v) is 9.82. The molecule has 0 N–H and O–H groups in total. The van der Waals surface area contributed by atoms with E-state index >= 15 is 0 Å². The Morgan fingerprint density at radius 3 is 2.53 bits per heavy atom. The molecule has 0 aromatic heterocycles.